The zero-order valence-electron chi connectivity index (χ0n) is 14.2. The number of rotatable bonds is 3. The van der Waals surface area contributed by atoms with Crippen molar-refractivity contribution in [2.75, 3.05) is 20.2 Å². The van der Waals surface area contributed by atoms with Gasteiger partial charge in [-0.2, -0.15) is 0 Å². The van der Waals surface area contributed by atoms with Crippen LogP contribution in [0, 0.1) is 11.7 Å². The smallest absolute Gasteiger partial charge is 0.146 e. The van der Waals surface area contributed by atoms with Crippen LogP contribution in [0.2, 0.25) is 5.02 Å². The fourth-order valence-electron chi connectivity index (χ4n) is 3.52. The third kappa shape index (κ3) is 2.39. The van der Waals surface area contributed by atoms with Gasteiger partial charge in [-0.05, 0) is 12.1 Å². The van der Waals surface area contributed by atoms with Gasteiger partial charge in [-0.15, -0.1) is 0 Å². The van der Waals surface area contributed by atoms with E-state index in [2.05, 4.69) is 10.3 Å². The molecule has 3 aliphatic rings. The summed E-state index contributed by atoms with van der Waals surface area (Å²) in [7, 11) is 1.52. The summed E-state index contributed by atoms with van der Waals surface area (Å²) in [6.45, 7) is 1.58. The molecule has 5 N–H and O–H groups in total. The molecule has 4 rings (SSSR count). The fourth-order valence-corrected chi connectivity index (χ4v) is 3.69. The van der Waals surface area contributed by atoms with Crippen LogP contribution in [0.25, 0.3) is 0 Å². The Morgan fingerprint density at radius 3 is 2.81 bits per heavy atom. The minimum absolute atomic E-state index is 0.00915. The summed E-state index contributed by atoms with van der Waals surface area (Å²) in [5, 5.41) is 3.20. The molecule has 1 saturated heterocycles. The summed E-state index contributed by atoms with van der Waals surface area (Å²) in [5.74, 6) is 0.755. The van der Waals surface area contributed by atoms with Crippen molar-refractivity contribution in [3.05, 3.63) is 58.2 Å². The van der Waals surface area contributed by atoms with E-state index in [1.54, 1.807) is 24.3 Å². The van der Waals surface area contributed by atoms with Gasteiger partial charge in [-0.25, -0.2) is 14.4 Å². The highest BCUT2D eigenvalue weighted by Gasteiger charge is 2.49. The van der Waals surface area contributed by atoms with E-state index in [4.69, 9.17) is 32.8 Å². The summed E-state index contributed by atoms with van der Waals surface area (Å²) < 4.78 is 20.3. The largest absolute Gasteiger partial charge is 0.495 e. The number of hydrogen-bond acceptors (Lipinski definition) is 6. The predicted octanol–water partition coefficient (Wildman–Crippen LogP) is 1.46. The molecular weight excluding hydrogens is 357 g/mol. The van der Waals surface area contributed by atoms with E-state index in [0.29, 0.717) is 28.6 Å². The van der Waals surface area contributed by atoms with Gasteiger partial charge in [0, 0.05) is 30.6 Å². The summed E-state index contributed by atoms with van der Waals surface area (Å²) in [5.41, 5.74) is 12.7. The number of amidine groups is 1. The second-order valence-electron chi connectivity index (χ2n) is 6.57. The van der Waals surface area contributed by atoms with Crippen molar-refractivity contribution in [1.82, 2.24) is 5.32 Å². The Balaban J connectivity index is 1.93. The monoisotopic (exact) mass is 375 g/mol. The van der Waals surface area contributed by atoms with E-state index in [-0.39, 0.29) is 10.9 Å². The molecule has 0 amide bonds. The van der Waals surface area contributed by atoms with Crippen LogP contribution in [0.3, 0.4) is 0 Å². The first-order chi connectivity index (χ1) is 12.5. The molecule has 6 nitrogen and oxygen atoms in total. The maximum atomic E-state index is 14.9. The molecule has 0 spiro atoms. The first-order valence-corrected chi connectivity index (χ1v) is 8.67. The Morgan fingerprint density at radius 2 is 2.15 bits per heavy atom. The van der Waals surface area contributed by atoms with Crippen molar-refractivity contribution in [3.63, 3.8) is 0 Å². The van der Waals surface area contributed by atoms with E-state index in [1.165, 1.54) is 13.2 Å². The zero-order chi connectivity index (χ0) is 18.5. The van der Waals surface area contributed by atoms with Crippen LogP contribution in [0.1, 0.15) is 5.56 Å². The Labute approximate surface area is 155 Å². The second kappa shape index (κ2) is 6.19. The Hall–Kier alpha value is -2.22. The average Bonchev–Trinajstić information content (AvgIpc) is 2.56. The average molecular weight is 376 g/mol. The van der Waals surface area contributed by atoms with Crippen LogP contribution in [0.4, 0.5) is 4.39 Å². The normalized spacial score (nSPS) is 28.2. The lowest BCUT2D eigenvalue weighted by Gasteiger charge is -2.42. The molecule has 2 heterocycles. The number of ether oxygens (including phenoxy) is 1. The van der Waals surface area contributed by atoms with Gasteiger partial charge in [-0.3, -0.25) is 0 Å². The molecule has 2 unspecified atom stereocenters. The third-order valence-electron chi connectivity index (χ3n) is 5.10. The van der Waals surface area contributed by atoms with Crippen molar-refractivity contribution >= 4 is 23.1 Å². The highest BCUT2D eigenvalue weighted by Crippen LogP contribution is 2.41. The van der Waals surface area contributed by atoms with Crippen molar-refractivity contribution in [1.29, 1.82) is 0 Å². The second-order valence-corrected chi connectivity index (χ2v) is 6.97. The molecule has 8 heteroatoms. The topological polar surface area (TPSA) is 98.0 Å². The lowest BCUT2D eigenvalue weighted by molar-refractivity contribution is 0.297. The number of nitrogens with two attached hydrogens (primary N) is 2. The van der Waals surface area contributed by atoms with Crippen molar-refractivity contribution in [2.45, 2.75) is 11.6 Å². The first kappa shape index (κ1) is 17.2. The lowest BCUT2D eigenvalue weighted by Crippen LogP contribution is -2.56. The van der Waals surface area contributed by atoms with Crippen LogP contribution >= 0.6 is 11.6 Å². The fraction of sp³-hybridized carbons (Fsp3) is 0.333. The number of nitrogens with zero attached hydrogens (tertiary/aromatic N) is 2. The molecule has 0 bridgehead atoms. The van der Waals surface area contributed by atoms with E-state index in [1.807, 2.05) is 0 Å². The van der Waals surface area contributed by atoms with Crippen LogP contribution in [0.5, 0.6) is 0 Å². The molecule has 0 aromatic heterocycles. The van der Waals surface area contributed by atoms with Gasteiger partial charge in [0.25, 0.3) is 0 Å². The van der Waals surface area contributed by atoms with Gasteiger partial charge in [0.1, 0.15) is 23.6 Å². The van der Waals surface area contributed by atoms with E-state index >= 15 is 0 Å². The third-order valence-corrected chi connectivity index (χ3v) is 5.39. The molecular formula is C18H19ClFN5O. The molecule has 0 radical (unpaired) electrons. The maximum Gasteiger partial charge on any atom is 0.146 e. The lowest BCUT2D eigenvalue weighted by atomic mass is 9.69. The number of aliphatic imine (C=N–C) groups is 2. The number of allylic oxidation sites excluding steroid dienone is 1. The van der Waals surface area contributed by atoms with E-state index < -0.39 is 17.4 Å². The Morgan fingerprint density at radius 1 is 1.38 bits per heavy atom. The molecule has 1 fully saturated rings. The number of hydrogen-bond donors (Lipinski definition) is 3. The van der Waals surface area contributed by atoms with Crippen molar-refractivity contribution in [3.8, 4) is 0 Å². The van der Waals surface area contributed by atoms with Crippen LogP contribution < -0.4 is 16.8 Å². The first-order valence-electron chi connectivity index (χ1n) is 8.29. The zero-order valence-corrected chi connectivity index (χ0v) is 14.9. The van der Waals surface area contributed by atoms with Crippen molar-refractivity contribution in [2.24, 2.45) is 27.4 Å². The standard InChI is InChI=1S/C18H19ClFN5O/c1-26-13-5-14-18(6-12(13)21,10-3-2-4-11(19)15(10)20)17(22)25-16(24-14)9-7-23-8-9/h2-6,9,17,23H,7-8,21-22H2,1H3. The molecule has 2 aliphatic heterocycles. The van der Waals surface area contributed by atoms with Crippen LogP contribution in [0.15, 0.2) is 51.8 Å². The van der Waals surface area contributed by atoms with E-state index in [9.17, 15) is 4.39 Å². The number of benzene rings is 1. The highest BCUT2D eigenvalue weighted by molar-refractivity contribution is 6.31. The van der Waals surface area contributed by atoms with Crippen molar-refractivity contribution < 1.29 is 9.13 Å². The maximum absolute atomic E-state index is 14.9. The SMILES string of the molecule is COC1=CC2=NC(C3CNC3)=NC(N)C2(c2cccc(Cl)c2F)C=C1N. The van der Waals surface area contributed by atoms with Crippen LogP contribution in [-0.4, -0.2) is 37.9 Å². The highest BCUT2D eigenvalue weighted by atomic mass is 35.5. The molecule has 1 aliphatic carbocycles. The van der Waals surface area contributed by atoms with Gasteiger partial charge in [0.05, 0.1) is 29.0 Å². The summed E-state index contributed by atoms with van der Waals surface area (Å²) in [6.07, 6.45) is 2.59. The quantitative estimate of drug-likeness (QED) is 0.745. The van der Waals surface area contributed by atoms with Gasteiger partial charge in [-0.1, -0.05) is 23.7 Å². The van der Waals surface area contributed by atoms with Gasteiger partial charge in [0.15, 0.2) is 0 Å². The Bertz CT molecular complexity index is 890. The summed E-state index contributed by atoms with van der Waals surface area (Å²) >= 11 is 6.02. The number of methoxy groups -OCH3 is 1. The molecule has 136 valence electrons. The molecule has 26 heavy (non-hydrogen) atoms. The number of nitrogens with one attached hydrogen (secondary N) is 1. The van der Waals surface area contributed by atoms with Gasteiger partial charge < -0.3 is 21.5 Å². The van der Waals surface area contributed by atoms with Crippen LogP contribution in [-0.2, 0) is 10.2 Å². The number of halogens is 2. The number of fused-ring (bicyclic) bond motifs is 1. The summed E-state index contributed by atoms with van der Waals surface area (Å²) in [6, 6.07) is 4.80. The molecule has 1 aromatic rings. The van der Waals surface area contributed by atoms with Gasteiger partial charge in [0.2, 0.25) is 0 Å². The van der Waals surface area contributed by atoms with Gasteiger partial charge >= 0.3 is 0 Å². The minimum atomic E-state index is -1.14. The minimum Gasteiger partial charge on any atom is -0.495 e. The Kier molecular flexibility index (Phi) is 4.10. The predicted molar refractivity (Wildman–Crippen MR) is 99.7 cm³/mol. The molecule has 2 atom stereocenters. The molecule has 0 saturated carbocycles. The summed E-state index contributed by atoms with van der Waals surface area (Å²) in [4.78, 5) is 9.29. The molecule has 1 aromatic carbocycles. The van der Waals surface area contributed by atoms with E-state index in [0.717, 1.165) is 13.1 Å².